The third-order valence-corrected chi connectivity index (χ3v) is 4.93. The molecule has 0 amide bonds. The van der Waals surface area contributed by atoms with Crippen LogP contribution >= 0.6 is 0 Å². The maximum atomic E-state index is 5.41. The highest BCUT2D eigenvalue weighted by atomic mass is 16.5. The van der Waals surface area contributed by atoms with Crippen molar-refractivity contribution in [2.24, 2.45) is 10.9 Å². The lowest BCUT2D eigenvalue weighted by atomic mass is 10.1. The quantitative estimate of drug-likeness (QED) is 0.534. The van der Waals surface area contributed by atoms with E-state index in [9.17, 15) is 0 Å². The van der Waals surface area contributed by atoms with Gasteiger partial charge in [-0.15, -0.1) is 0 Å². The zero-order valence-electron chi connectivity index (χ0n) is 17.0. The van der Waals surface area contributed by atoms with Gasteiger partial charge in [0, 0.05) is 52.2 Å². The minimum atomic E-state index is 0.562. The van der Waals surface area contributed by atoms with Crippen molar-refractivity contribution >= 4 is 5.96 Å². The van der Waals surface area contributed by atoms with E-state index in [1.54, 1.807) is 6.20 Å². The van der Waals surface area contributed by atoms with E-state index >= 15 is 0 Å². The standard InChI is InChI=1S/C21H32N6O/c1-18(17-26-12-14-28-15-13-26)16-24-21(22-2)23-10-8-19-4-6-20(7-5-19)27-11-3-9-25-27/h3-7,9,11,18H,8,10,12-17H2,1-2H3,(H2,22,23,24). The van der Waals surface area contributed by atoms with Crippen LogP contribution in [-0.4, -0.2) is 73.6 Å². The number of nitrogens with one attached hydrogen (secondary N) is 2. The predicted octanol–water partition coefficient (Wildman–Crippen LogP) is 1.55. The molecule has 1 fully saturated rings. The Bertz CT molecular complexity index is 707. The summed E-state index contributed by atoms with van der Waals surface area (Å²) in [6.45, 7) is 8.91. The molecule has 0 spiro atoms. The maximum absolute atomic E-state index is 5.41. The normalized spacial score (nSPS) is 16.7. The Labute approximate surface area is 167 Å². The van der Waals surface area contributed by atoms with Crippen molar-refractivity contribution < 1.29 is 4.74 Å². The molecule has 1 aliphatic rings. The summed E-state index contributed by atoms with van der Waals surface area (Å²) in [5.41, 5.74) is 2.37. The molecule has 2 N–H and O–H groups in total. The fourth-order valence-corrected chi connectivity index (χ4v) is 3.34. The third-order valence-electron chi connectivity index (χ3n) is 4.93. The molecule has 0 aliphatic carbocycles. The van der Waals surface area contributed by atoms with Crippen molar-refractivity contribution in [3.63, 3.8) is 0 Å². The first kappa shape index (κ1) is 20.4. The van der Waals surface area contributed by atoms with Crippen LogP contribution in [0, 0.1) is 5.92 Å². The van der Waals surface area contributed by atoms with Gasteiger partial charge >= 0.3 is 0 Å². The predicted molar refractivity (Wildman–Crippen MR) is 113 cm³/mol. The molecular weight excluding hydrogens is 352 g/mol. The van der Waals surface area contributed by atoms with Gasteiger partial charge < -0.3 is 15.4 Å². The van der Waals surface area contributed by atoms with Crippen molar-refractivity contribution in [2.75, 3.05) is 53.0 Å². The van der Waals surface area contributed by atoms with E-state index in [4.69, 9.17) is 4.74 Å². The molecule has 1 aromatic carbocycles. The fourth-order valence-electron chi connectivity index (χ4n) is 3.34. The summed E-state index contributed by atoms with van der Waals surface area (Å²) < 4.78 is 7.28. The SMILES string of the molecule is CN=C(NCCc1ccc(-n2cccn2)cc1)NCC(C)CN1CCOCC1. The minimum Gasteiger partial charge on any atom is -0.379 e. The van der Waals surface area contributed by atoms with Gasteiger partial charge in [-0.05, 0) is 36.1 Å². The Morgan fingerprint density at radius 1 is 1.21 bits per heavy atom. The van der Waals surface area contributed by atoms with E-state index in [1.165, 1.54) is 5.56 Å². The zero-order valence-corrected chi connectivity index (χ0v) is 17.0. The van der Waals surface area contributed by atoms with Crippen molar-refractivity contribution in [1.29, 1.82) is 0 Å². The van der Waals surface area contributed by atoms with Gasteiger partial charge in [0.15, 0.2) is 5.96 Å². The Kier molecular flexibility index (Phi) is 7.87. The highest BCUT2D eigenvalue weighted by Gasteiger charge is 2.13. The second kappa shape index (κ2) is 10.8. The first-order chi connectivity index (χ1) is 13.7. The number of nitrogens with zero attached hydrogens (tertiary/aromatic N) is 4. The van der Waals surface area contributed by atoms with Crippen LogP contribution in [0.2, 0.25) is 0 Å². The molecule has 2 heterocycles. The lowest BCUT2D eigenvalue weighted by Crippen LogP contribution is -2.44. The summed E-state index contributed by atoms with van der Waals surface area (Å²) >= 11 is 0. The second-order valence-corrected chi connectivity index (χ2v) is 7.27. The maximum Gasteiger partial charge on any atom is 0.190 e. The summed E-state index contributed by atoms with van der Waals surface area (Å²) in [5.74, 6) is 1.42. The fraction of sp³-hybridized carbons (Fsp3) is 0.524. The van der Waals surface area contributed by atoms with Crippen LogP contribution in [0.4, 0.5) is 0 Å². The van der Waals surface area contributed by atoms with E-state index in [0.29, 0.717) is 5.92 Å². The molecule has 7 nitrogen and oxygen atoms in total. The van der Waals surface area contributed by atoms with E-state index < -0.39 is 0 Å². The average Bonchev–Trinajstić information content (AvgIpc) is 3.26. The van der Waals surface area contributed by atoms with E-state index in [1.807, 2.05) is 24.0 Å². The van der Waals surface area contributed by atoms with E-state index in [2.05, 4.69) is 56.8 Å². The van der Waals surface area contributed by atoms with E-state index in [-0.39, 0.29) is 0 Å². The third kappa shape index (κ3) is 6.35. The van der Waals surface area contributed by atoms with Gasteiger partial charge in [-0.2, -0.15) is 5.10 Å². The molecule has 1 aliphatic heterocycles. The monoisotopic (exact) mass is 384 g/mol. The first-order valence-corrected chi connectivity index (χ1v) is 10.1. The Hall–Kier alpha value is -2.38. The van der Waals surface area contributed by atoms with Crippen LogP contribution < -0.4 is 10.6 Å². The zero-order chi connectivity index (χ0) is 19.6. The van der Waals surface area contributed by atoms with Gasteiger partial charge in [0.05, 0.1) is 18.9 Å². The highest BCUT2D eigenvalue weighted by Crippen LogP contribution is 2.09. The van der Waals surface area contributed by atoms with Crippen LogP contribution in [0.5, 0.6) is 0 Å². The molecular formula is C21H32N6O. The van der Waals surface area contributed by atoms with Gasteiger partial charge in [0.1, 0.15) is 0 Å². The average molecular weight is 385 g/mol. The molecule has 28 heavy (non-hydrogen) atoms. The number of ether oxygens (including phenoxy) is 1. The molecule has 1 saturated heterocycles. The lowest BCUT2D eigenvalue weighted by Gasteiger charge is -2.29. The number of hydrogen-bond donors (Lipinski definition) is 2. The molecule has 7 heteroatoms. The Morgan fingerprint density at radius 3 is 2.68 bits per heavy atom. The summed E-state index contributed by atoms with van der Waals surface area (Å²) in [6.07, 6.45) is 4.69. The summed E-state index contributed by atoms with van der Waals surface area (Å²) in [5, 5.41) is 11.1. The van der Waals surface area contributed by atoms with Crippen LogP contribution in [0.1, 0.15) is 12.5 Å². The Morgan fingerprint density at radius 2 is 2.00 bits per heavy atom. The molecule has 3 rings (SSSR count). The number of aliphatic imine (C=N–C) groups is 1. The van der Waals surface area contributed by atoms with Gasteiger partial charge in [-0.25, -0.2) is 4.68 Å². The first-order valence-electron chi connectivity index (χ1n) is 10.1. The molecule has 1 atom stereocenters. The molecule has 152 valence electrons. The Balaban J connectivity index is 1.35. The molecule has 0 radical (unpaired) electrons. The van der Waals surface area contributed by atoms with Crippen LogP contribution in [0.25, 0.3) is 5.69 Å². The van der Waals surface area contributed by atoms with Gasteiger partial charge in [-0.1, -0.05) is 19.1 Å². The largest absolute Gasteiger partial charge is 0.379 e. The van der Waals surface area contributed by atoms with Crippen LogP contribution in [0.15, 0.2) is 47.7 Å². The van der Waals surface area contributed by atoms with Crippen molar-refractivity contribution in [3.05, 3.63) is 48.3 Å². The highest BCUT2D eigenvalue weighted by molar-refractivity contribution is 5.79. The second-order valence-electron chi connectivity index (χ2n) is 7.27. The van der Waals surface area contributed by atoms with Crippen LogP contribution in [-0.2, 0) is 11.2 Å². The molecule has 0 saturated carbocycles. The summed E-state index contributed by atoms with van der Waals surface area (Å²) in [4.78, 5) is 6.81. The van der Waals surface area contributed by atoms with Gasteiger partial charge in [0.2, 0.25) is 0 Å². The molecule has 1 aromatic heterocycles. The van der Waals surface area contributed by atoms with Crippen molar-refractivity contribution in [2.45, 2.75) is 13.3 Å². The number of rotatable bonds is 8. The minimum absolute atomic E-state index is 0.562. The summed E-state index contributed by atoms with van der Waals surface area (Å²) in [7, 11) is 1.82. The number of morpholine rings is 1. The van der Waals surface area contributed by atoms with Crippen LogP contribution in [0.3, 0.4) is 0 Å². The van der Waals surface area contributed by atoms with Crippen molar-refractivity contribution in [1.82, 2.24) is 25.3 Å². The topological polar surface area (TPSA) is 66.7 Å². The van der Waals surface area contributed by atoms with Crippen molar-refractivity contribution in [3.8, 4) is 5.69 Å². The number of hydrogen-bond acceptors (Lipinski definition) is 4. The van der Waals surface area contributed by atoms with Gasteiger partial charge in [-0.3, -0.25) is 9.89 Å². The summed E-state index contributed by atoms with van der Waals surface area (Å²) in [6, 6.07) is 10.4. The smallest absolute Gasteiger partial charge is 0.190 e. The lowest BCUT2D eigenvalue weighted by molar-refractivity contribution is 0.0320. The van der Waals surface area contributed by atoms with E-state index in [0.717, 1.165) is 64.0 Å². The number of benzene rings is 1. The number of guanidine groups is 1. The molecule has 2 aromatic rings. The molecule has 1 unspecified atom stereocenters. The van der Waals surface area contributed by atoms with Gasteiger partial charge in [0.25, 0.3) is 0 Å². The molecule has 0 bridgehead atoms. The number of aromatic nitrogens is 2.